The number of methoxy groups -OCH3 is 1. The largest absolute Gasteiger partial charge is 0.473 e. The molecule has 0 spiro atoms. The normalized spacial score (nSPS) is 36.2. The number of carbonyl (C=O) groups excluding carboxylic acids is 2. The van der Waals surface area contributed by atoms with Gasteiger partial charge in [0, 0.05) is 23.6 Å². The minimum Gasteiger partial charge on any atom is -0.473 e. The number of epoxide rings is 1. The molecule has 200 valence electrons. The van der Waals surface area contributed by atoms with Gasteiger partial charge in [-0.1, -0.05) is 51.2 Å². The van der Waals surface area contributed by atoms with Crippen LogP contribution in [0.15, 0.2) is 23.1 Å². The highest BCUT2D eigenvalue weighted by Gasteiger charge is 2.52. The van der Waals surface area contributed by atoms with Gasteiger partial charge in [0.25, 0.3) is 5.19 Å². The van der Waals surface area contributed by atoms with Crippen molar-refractivity contribution in [3.05, 3.63) is 28.8 Å². The molecule has 2 aliphatic rings. The van der Waals surface area contributed by atoms with Crippen molar-refractivity contribution < 1.29 is 34.0 Å². The van der Waals surface area contributed by atoms with Crippen LogP contribution in [-0.4, -0.2) is 64.1 Å². The van der Waals surface area contributed by atoms with E-state index in [-0.39, 0.29) is 24.2 Å². The molecule has 36 heavy (non-hydrogen) atoms. The summed E-state index contributed by atoms with van der Waals surface area (Å²) in [6, 6.07) is 0. The van der Waals surface area contributed by atoms with Gasteiger partial charge in [0.1, 0.15) is 11.9 Å². The Morgan fingerprint density at radius 2 is 1.94 bits per heavy atom. The Morgan fingerprint density at radius 3 is 2.58 bits per heavy atom. The number of esters is 1. The monoisotopic (exact) mass is 521 g/mol. The Labute approximate surface area is 217 Å². The van der Waals surface area contributed by atoms with Gasteiger partial charge in [-0.25, -0.2) is 4.98 Å². The number of Topliss-reactive ketones (excluding diaryl/α,β-unsaturated/α-hetero) is 1. The third kappa shape index (κ3) is 6.43. The van der Waals surface area contributed by atoms with E-state index in [0.717, 1.165) is 5.57 Å². The van der Waals surface area contributed by atoms with E-state index < -0.39 is 41.2 Å². The number of rotatable bonds is 3. The fraction of sp³-hybridized carbons (Fsp3) is 0.667. The van der Waals surface area contributed by atoms with Crippen molar-refractivity contribution in [2.75, 3.05) is 7.11 Å². The number of nitrogens with zero attached hydrogens (tertiary/aromatic N) is 1. The third-order valence-electron chi connectivity index (χ3n) is 7.55. The van der Waals surface area contributed by atoms with Gasteiger partial charge in [0.15, 0.2) is 0 Å². The van der Waals surface area contributed by atoms with Gasteiger partial charge in [0.2, 0.25) is 0 Å². The van der Waals surface area contributed by atoms with E-state index in [2.05, 4.69) is 4.98 Å². The SMILES string of the molecule is COc1nc(C=C(C)[C@@H]2CC3OC3(C)CC=C[C@H](C)[C@H](O)[C@@H](C)C(=O)C(C)(C)[C@@H](O)CC(=O)O2)cs1. The zero-order chi connectivity index (χ0) is 26.8. The number of fused-ring (bicyclic) bond motifs is 1. The average Bonchev–Trinajstić information content (AvgIpc) is 3.23. The molecular weight excluding hydrogens is 482 g/mol. The van der Waals surface area contributed by atoms with E-state index in [0.29, 0.717) is 23.7 Å². The molecule has 8 nitrogen and oxygen atoms in total. The molecule has 1 aromatic rings. The van der Waals surface area contributed by atoms with Crippen LogP contribution >= 0.6 is 11.3 Å². The van der Waals surface area contributed by atoms with Crippen LogP contribution in [0.1, 0.15) is 66.5 Å². The number of carbonyl (C=O) groups is 2. The first kappa shape index (κ1) is 28.5. The highest BCUT2D eigenvalue weighted by molar-refractivity contribution is 7.11. The maximum atomic E-state index is 13.2. The van der Waals surface area contributed by atoms with Crippen LogP contribution in [0, 0.1) is 17.3 Å². The van der Waals surface area contributed by atoms with Crippen LogP contribution < -0.4 is 4.74 Å². The Morgan fingerprint density at radius 1 is 1.25 bits per heavy atom. The topological polar surface area (TPSA) is 118 Å². The summed E-state index contributed by atoms with van der Waals surface area (Å²) in [6.07, 6.45) is 3.60. The molecule has 1 aromatic heterocycles. The number of hydrogen-bond donors (Lipinski definition) is 2. The summed E-state index contributed by atoms with van der Waals surface area (Å²) < 4.78 is 17.0. The molecule has 2 unspecified atom stereocenters. The van der Waals surface area contributed by atoms with E-state index >= 15 is 0 Å². The summed E-state index contributed by atoms with van der Waals surface area (Å²) in [5.41, 5.74) is -0.153. The Balaban J connectivity index is 1.89. The fourth-order valence-corrected chi connectivity index (χ4v) is 5.25. The van der Waals surface area contributed by atoms with Gasteiger partial charge in [-0.3, -0.25) is 9.59 Å². The molecule has 3 heterocycles. The van der Waals surface area contributed by atoms with Crippen molar-refractivity contribution >= 4 is 29.2 Å². The first-order chi connectivity index (χ1) is 16.8. The lowest BCUT2D eigenvalue weighted by atomic mass is 9.73. The maximum Gasteiger partial charge on any atom is 0.309 e. The van der Waals surface area contributed by atoms with Crippen molar-refractivity contribution in [1.29, 1.82) is 0 Å². The number of ketones is 1. The molecule has 0 radical (unpaired) electrons. The molecule has 0 aromatic carbocycles. The van der Waals surface area contributed by atoms with Gasteiger partial charge in [-0.05, 0) is 31.9 Å². The summed E-state index contributed by atoms with van der Waals surface area (Å²) in [6.45, 7) is 10.6. The van der Waals surface area contributed by atoms with Crippen LogP contribution in [0.2, 0.25) is 0 Å². The Hall–Kier alpha value is -2.07. The molecule has 1 fully saturated rings. The van der Waals surface area contributed by atoms with E-state index in [1.165, 1.54) is 11.3 Å². The summed E-state index contributed by atoms with van der Waals surface area (Å²) in [5.74, 6) is -1.88. The van der Waals surface area contributed by atoms with Crippen LogP contribution in [0.4, 0.5) is 0 Å². The van der Waals surface area contributed by atoms with Gasteiger partial charge in [-0.15, -0.1) is 0 Å². The molecule has 2 aliphatic heterocycles. The van der Waals surface area contributed by atoms with Crippen molar-refractivity contribution in [3.63, 3.8) is 0 Å². The first-order valence-electron chi connectivity index (χ1n) is 12.4. The van der Waals surface area contributed by atoms with Crippen LogP contribution in [0.25, 0.3) is 6.08 Å². The predicted octanol–water partition coefficient (Wildman–Crippen LogP) is 3.95. The quantitative estimate of drug-likeness (QED) is 0.349. The van der Waals surface area contributed by atoms with Crippen LogP contribution in [0.3, 0.4) is 0 Å². The molecule has 0 bridgehead atoms. The molecule has 0 aliphatic carbocycles. The van der Waals surface area contributed by atoms with Crippen molar-refractivity contribution in [2.24, 2.45) is 17.3 Å². The molecule has 7 atom stereocenters. The lowest BCUT2D eigenvalue weighted by molar-refractivity contribution is -0.154. The van der Waals surface area contributed by atoms with E-state index in [4.69, 9.17) is 14.2 Å². The van der Waals surface area contributed by atoms with Crippen molar-refractivity contribution in [1.82, 2.24) is 4.98 Å². The Kier molecular flexibility index (Phi) is 8.81. The Bertz CT molecular complexity index is 1020. The van der Waals surface area contributed by atoms with Gasteiger partial charge < -0.3 is 24.4 Å². The molecule has 0 amide bonds. The molecule has 3 rings (SSSR count). The third-order valence-corrected chi connectivity index (χ3v) is 8.37. The molecular formula is C27H39NO7S. The number of ether oxygens (including phenoxy) is 3. The number of thiazole rings is 1. The second kappa shape index (κ2) is 11.1. The minimum atomic E-state index is -1.26. The average molecular weight is 522 g/mol. The first-order valence-corrected chi connectivity index (χ1v) is 13.3. The summed E-state index contributed by atoms with van der Waals surface area (Å²) in [5, 5.41) is 24.0. The number of aromatic nitrogens is 1. The molecule has 2 N–H and O–H groups in total. The molecule has 0 saturated carbocycles. The zero-order valence-electron chi connectivity index (χ0n) is 22.2. The van der Waals surface area contributed by atoms with Gasteiger partial charge in [0.05, 0.1) is 48.6 Å². The number of hydrogen-bond acceptors (Lipinski definition) is 9. The predicted molar refractivity (Wildman–Crippen MR) is 138 cm³/mol. The smallest absolute Gasteiger partial charge is 0.309 e. The number of cyclic esters (lactones) is 1. The fourth-order valence-electron chi connectivity index (χ4n) is 4.66. The molecule has 9 heteroatoms. The zero-order valence-corrected chi connectivity index (χ0v) is 23.0. The number of aliphatic hydroxyl groups is 2. The minimum absolute atomic E-state index is 0.122. The maximum absolute atomic E-state index is 13.2. The van der Waals surface area contributed by atoms with E-state index in [1.54, 1.807) is 27.9 Å². The van der Waals surface area contributed by atoms with Gasteiger partial charge >= 0.3 is 5.97 Å². The second-order valence-corrected chi connectivity index (χ2v) is 11.7. The number of aliphatic hydroxyl groups excluding tert-OH is 2. The van der Waals surface area contributed by atoms with E-state index in [9.17, 15) is 19.8 Å². The van der Waals surface area contributed by atoms with Gasteiger partial charge in [-0.2, -0.15) is 0 Å². The summed E-state index contributed by atoms with van der Waals surface area (Å²) in [4.78, 5) is 30.5. The molecule has 1 saturated heterocycles. The summed E-state index contributed by atoms with van der Waals surface area (Å²) >= 11 is 1.37. The highest BCUT2D eigenvalue weighted by Crippen LogP contribution is 2.44. The summed E-state index contributed by atoms with van der Waals surface area (Å²) in [7, 11) is 1.56. The van der Waals surface area contributed by atoms with Crippen molar-refractivity contribution in [2.45, 2.75) is 90.8 Å². The van der Waals surface area contributed by atoms with Crippen LogP contribution in [0.5, 0.6) is 5.19 Å². The lowest BCUT2D eigenvalue weighted by Gasteiger charge is -2.34. The lowest BCUT2D eigenvalue weighted by Crippen LogP contribution is -2.45. The van der Waals surface area contributed by atoms with E-state index in [1.807, 2.05) is 44.4 Å². The standard InChI is InChI=1S/C27H39NO7S/c1-15-9-8-10-27(6)21(35-27)12-19(16(2)11-18-14-36-25(28-18)33-7)34-22(30)13-20(29)26(4,5)24(32)17(3)23(15)31/h8-9,11,14-15,17,19-21,23,29,31H,10,12-13H2,1-7H3/t15-,17+,19-,20-,21?,23-,27?/m0/s1. The van der Waals surface area contributed by atoms with Crippen molar-refractivity contribution in [3.8, 4) is 5.19 Å². The second-order valence-electron chi connectivity index (χ2n) is 10.8. The van der Waals surface area contributed by atoms with Crippen LogP contribution in [-0.2, 0) is 19.1 Å². The highest BCUT2D eigenvalue weighted by atomic mass is 32.1.